The second kappa shape index (κ2) is 6.43. The summed E-state index contributed by atoms with van der Waals surface area (Å²) in [5.74, 6) is 1.26. The van der Waals surface area contributed by atoms with Gasteiger partial charge in [-0.15, -0.1) is 0 Å². The lowest BCUT2D eigenvalue weighted by molar-refractivity contribution is -0.119. The molecule has 2 rings (SSSR count). The molecule has 5 nitrogen and oxygen atoms in total. The quantitative estimate of drug-likeness (QED) is 0.833. The SMILES string of the molecule is COc1cc(C2CCNCC2)ccc1OCC(N)=O. The molecule has 19 heavy (non-hydrogen) atoms. The van der Waals surface area contributed by atoms with E-state index < -0.39 is 5.91 Å². The van der Waals surface area contributed by atoms with E-state index in [0.717, 1.165) is 25.9 Å². The van der Waals surface area contributed by atoms with Crippen LogP contribution in [-0.2, 0) is 4.79 Å². The van der Waals surface area contributed by atoms with E-state index in [1.54, 1.807) is 7.11 Å². The van der Waals surface area contributed by atoms with Gasteiger partial charge < -0.3 is 20.5 Å². The summed E-state index contributed by atoms with van der Waals surface area (Å²) in [6.07, 6.45) is 2.26. The lowest BCUT2D eigenvalue weighted by atomic mass is 9.90. The molecule has 0 unspecified atom stereocenters. The normalized spacial score (nSPS) is 16.1. The van der Waals surface area contributed by atoms with Crippen molar-refractivity contribution in [1.82, 2.24) is 5.32 Å². The molecule has 1 aromatic rings. The first-order valence-corrected chi connectivity index (χ1v) is 6.50. The van der Waals surface area contributed by atoms with E-state index in [4.69, 9.17) is 15.2 Å². The Morgan fingerprint density at radius 3 is 2.74 bits per heavy atom. The van der Waals surface area contributed by atoms with Crippen molar-refractivity contribution in [3.8, 4) is 11.5 Å². The van der Waals surface area contributed by atoms with Crippen LogP contribution in [0.4, 0.5) is 0 Å². The van der Waals surface area contributed by atoms with Gasteiger partial charge in [-0.2, -0.15) is 0 Å². The molecule has 1 fully saturated rings. The van der Waals surface area contributed by atoms with Gasteiger partial charge in [-0.25, -0.2) is 0 Å². The average Bonchev–Trinajstić information content (AvgIpc) is 2.45. The van der Waals surface area contributed by atoms with Crippen molar-refractivity contribution >= 4 is 5.91 Å². The minimum absolute atomic E-state index is 0.136. The molecular weight excluding hydrogens is 244 g/mol. The number of rotatable bonds is 5. The molecule has 0 saturated carbocycles. The molecule has 0 atom stereocenters. The molecule has 3 N–H and O–H groups in total. The minimum atomic E-state index is -0.496. The van der Waals surface area contributed by atoms with Gasteiger partial charge in [-0.05, 0) is 49.5 Å². The Balaban J connectivity index is 2.12. The highest BCUT2D eigenvalue weighted by atomic mass is 16.5. The fourth-order valence-corrected chi connectivity index (χ4v) is 2.36. The van der Waals surface area contributed by atoms with Crippen LogP contribution in [0.5, 0.6) is 11.5 Å². The molecule has 5 heteroatoms. The molecule has 0 bridgehead atoms. The molecule has 1 aromatic carbocycles. The maximum Gasteiger partial charge on any atom is 0.255 e. The number of primary amides is 1. The maximum atomic E-state index is 10.7. The van der Waals surface area contributed by atoms with Gasteiger partial charge in [-0.3, -0.25) is 4.79 Å². The highest BCUT2D eigenvalue weighted by Gasteiger charge is 2.17. The summed E-state index contributed by atoms with van der Waals surface area (Å²) >= 11 is 0. The number of nitrogens with one attached hydrogen (secondary N) is 1. The average molecular weight is 264 g/mol. The summed E-state index contributed by atoms with van der Waals surface area (Å²) < 4.78 is 10.6. The number of nitrogens with two attached hydrogens (primary N) is 1. The van der Waals surface area contributed by atoms with Gasteiger partial charge in [0.1, 0.15) is 0 Å². The Labute approximate surface area is 113 Å². The minimum Gasteiger partial charge on any atom is -0.493 e. The zero-order chi connectivity index (χ0) is 13.7. The predicted molar refractivity (Wildman–Crippen MR) is 72.5 cm³/mol. The lowest BCUT2D eigenvalue weighted by Gasteiger charge is -2.23. The van der Waals surface area contributed by atoms with Crippen LogP contribution in [0, 0.1) is 0 Å². The Morgan fingerprint density at radius 2 is 2.11 bits per heavy atom. The van der Waals surface area contributed by atoms with E-state index in [1.807, 2.05) is 18.2 Å². The Hall–Kier alpha value is -1.75. The van der Waals surface area contributed by atoms with Crippen molar-refractivity contribution < 1.29 is 14.3 Å². The summed E-state index contributed by atoms with van der Waals surface area (Å²) in [4.78, 5) is 10.7. The standard InChI is InChI=1S/C14H20N2O3/c1-18-13-8-11(10-4-6-16-7-5-10)2-3-12(13)19-9-14(15)17/h2-3,8,10,16H,4-7,9H2,1H3,(H2,15,17). The molecule has 1 heterocycles. The summed E-state index contributed by atoms with van der Waals surface area (Å²) in [7, 11) is 1.60. The molecule has 104 valence electrons. The van der Waals surface area contributed by atoms with Crippen LogP contribution >= 0.6 is 0 Å². The monoisotopic (exact) mass is 264 g/mol. The molecule has 0 spiro atoms. The summed E-state index contributed by atoms with van der Waals surface area (Å²) in [6, 6.07) is 5.88. The molecule has 1 aliphatic rings. The van der Waals surface area contributed by atoms with Gasteiger partial charge in [0.2, 0.25) is 0 Å². The number of hydrogen-bond acceptors (Lipinski definition) is 4. The second-order valence-corrected chi connectivity index (χ2v) is 4.69. The lowest BCUT2D eigenvalue weighted by Crippen LogP contribution is -2.26. The summed E-state index contributed by atoms with van der Waals surface area (Å²) in [5, 5.41) is 3.35. The zero-order valence-corrected chi connectivity index (χ0v) is 11.1. The zero-order valence-electron chi connectivity index (χ0n) is 11.1. The Morgan fingerprint density at radius 1 is 1.37 bits per heavy atom. The third kappa shape index (κ3) is 3.61. The molecular formula is C14H20N2O3. The molecule has 0 aromatic heterocycles. The number of ether oxygens (including phenoxy) is 2. The first-order chi connectivity index (χ1) is 9.20. The van der Waals surface area contributed by atoms with Crippen LogP contribution < -0.4 is 20.5 Å². The van der Waals surface area contributed by atoms with Crippen LogP contribution in [0.2, 0.25) is 0 Å². The van der Waals surface area contributed by atoms with Crippen molar-refractivity contribution in [2.75, 3.05) is 26.8 Å². The smallest absolute Gasteiger partial charge is 0.255 e. The number of methoxy groups -OCH3 is 1. The first-order valence-electron chi connectivity index (χ1n) is 6.50. The van der Waals surface area contributed by atoms with Gasteiger partial charge in [0.25, 0.3) is 5.91 Å². The van der Waals surface area contributed by atoms with Crippen LogP contribution in [-0.4, -0.2) is 32.7 Å². The van der Waals surface area contributed by atoms with Gasteiger partial charge in [0.05, 0.1) is 7.11 Å². The number of carbonyl (C=O) groups excluding carboxylic acids is 1. The third-order valence-corrected chi connectivity index (χ3v) is 3.37. The van der Waals surface area contributed by atoms with Crippen molar-refractivity contribution in [2.24, 2.45) is 5.73 Å². The predicted octanol–water partition coefficient (Wildman–Crippen LogP) is 1.03. The van der Waals surface area contributed by atoms with Crippen molar-refractivity contribution in [2.45, 2.75) is 18.8 Å². The topological polar surface area (TPSA) is 73.6 Å². The Kier molecular flexibility index (Phi) is 4.63. The second-order valence-electron chi connectivity index (χ2n) is 4.69. The van der Waals surface area contributed by atoms with Gasteiger partial charge in [-0.1, -0.05) is 6.07 Å². The van der Waals surface area contributed by atoms with Crippen LogP contribution in [0.3, 0.4) is 0 Å². The van der Waals surface area contributed by atoms with Crippen molar-refractivity contribution in [3.05, 3.63) is 23.8 Å². The van der Waals surface area contributed by atoms with Gasteiger partial charge in [0.15, 0.2) is 18.1 Å². The fraction of sp³-hybridized carbons (Fsp3) is 0.500. The first kappa shape index (κ1) is 13.7. The molecule has 1 saturated heterocycles. The fourth-order valence-electron chi connectivity index (χ4n) is 2.36. The van der Waals surface area contributed by atoms with Crippen molar-refractivity contribution in [3.63, 3.8) is 0 Å². The number of benzene rings is 1. The van der Waals surface area contributed by atoms with E-state index in [0.29, 0.717) is 17.4 Å². The highest BCUT2D eigenvalue weighted by molar-refractivity contribution is 5.75. The van der Waals surface area contributed by atoms with E-state index in [2.05, 4.69) is 5.32 Å². The molecule has 1 aliphatic heterocycles. The summed E-state index contributed by atoms with van der Waals surface area (Å²) in [5.41, 5.74) is 6.32. The van der Waals surface area contributed by atoms with E-state index in [9.17, 15) is 4.79 Å². The van der Waals surface area contributed by atoms with E-state index in [-0.39, 0.29) is 6.61 Å². The third-order valence-electron chi connectivity index (χ3n) is 3.37. The molecule has 0 radical (unpaired) electrons. The van der Waals surface area contributed by atoms with Gasteiger partial charge >= 0.3 is 0 Å². The van der Waals surface area contributed by atoms with E-state index in [1.165, 1.54) is 5.56 Å². The number of carbonyl (C=O) groups is 1. The molecule has 1 amide bonds. The number of hydrogen-bond donors (Lipinski definition) is 2. The van der Waals surface area contributed by atoms with Gasteiger partial charge in [0, 0.05) is 0 Å². The number of piperidine rings is 1. The largest absolute Gasteiger partial charge is 0.493 e. The molecule has 0 aliphatic carbocycles. The van der Waals surface area contributed by atoms with Crippen LogP contribution in [0.25, 0.3) is 0 Å². The maximum absolute atomic E-state index is 10.7. The number of amides is 1. The Bertz CT molecular complexity index is 442. The highest BCUT2D eigenvalue weighted by Crippen LogP contribution is 2.33. The van der Waals surface area contributed by atoms with Crippen molar-refractivity contribution in [1.29, 1.82) is 0 Å². The van der Waals surface area contributed by atoms with Crippen LogP contribution in [0.15, 0.2) is 18.2 Å². The van der Waals surface area contributed by atoms with Crippen LogP contribution in [0.1, 0.15) is 24.3 Å². The summed E-state index contributed by atoms with van der Waals surface area (Å²) in [6.45, 7) is 1.96. The van der Waals surface area contributed by atoms with E-state index >= 15 is 0 Å².